The van der Waals surface area contributed by atoms with Crippen molar-refractivity contribution in [1.29, 1.82) is 0 Å². The molecule has 4 heteroatoms. The van der Waals surface area contributed by atoms with Gasteiger partial charge in [-0.2, -0.15) is 0 Å². The molecule has 74 valence electrons. The van der Waals surface area contributed by atoms with Crippen molar-refractivity contribution in [2.75, 3.05) is 20.3 Å². The van der Waals surface area contributed by atoms with E-state index in [1.165, 1.54) is 7.11 Å². The number of methoxy groups -OCH3 is 1. The van der Waals surface area contributed by atoms with Crippen LogP contribution in [0.15, 0.2) is 0 Å². The van der Waals surface area contributed by atoms with Crippen molar-refractivity contribution in [3.63, 3.8) is 0 Å². The molecule has 0 bridgehead atoms. The van der Waals surface area contributed by atoms with Gasteiger partial charge in [0, 0.05) is 19.6 Å². The molecule has 0 aliphatic carbocycles. The first-order chi connectivity index (χ1) is 6.25. The molecule has 1 aliphatic heterocycles. The minimum atomic E-state index is -0.606. The summed E-state index contributed by atoms with van der Waals surface area (Å²) in [6.45, 7) is 1.07. The van der Waals surface area contributed by atoms with Crippen LogP contribution in [0.4, 0.5) is 0 Å². The number of rotatable bonds is 1. The molecule has 0 saturated carbocycles. The van der Waals surface area contributed by atoms with Crippen LogP contribution >= 0.6 is 0 Å². The predicted octanol–water partition coefficient (Wildman–Crippen LogP) is 0.545. The summed E-state index contributed by atoms with van der Waals surface area (Å²) in [7, 11) is 1.30. The van der Waals surface area contributed by atoms with Gasteiger partial charge in [-0.3, -0.25) is 9.59 Å². The largest absolute Gasteiger partial charge is 0.468 e. The minimum Gasteiger partial charge on any atom is -0.468 e. The molecule has 0 unspecified atom stereocenters. The summed E-state index contributed by atoms with van der Waals surface area (Å²) in [5, 5.41) is 0. The van der Waals surface area contributed by atoms with Crippen molar-refractivity contribution in [1.82, 2.24) is 0 Å². The van der Waals surface area contributed by atoms with E-state index in [1.54, 1.807) is 0 Å². The van der Waals surface area contributed by atoms with E-state index in [9.17, 15) is 9.59 Å². The predicted molar refractivity (Wildman–Crippen MR) is 45.2 cm³/mol. The first kappa shape index (κ1) is 10.2. The van der Waals surface area contributed by atoms with Gasteiger partial charge in [0.15, 0.2) is 0 Å². The zero-order valence-corrected chi connectivity index (χ0v) is 7.75. The lowest BCUT2D eigenvalue weighted by Gasteiger charge is -2.16. The minimum absolute atomic E-state index is 0.0184. The van der Waals surface area contributed by atoms with Gasteiger partial charge in [-0.1, -0.05) is 0 Å². The van der Waals surface area contributed by atoms with Crippen molar-refractivity contribution in [3.8, 4) is 0 Å². The van der Waals surface area contributed by atoms with E-state index in [1.807, 2.05) is 0 Å². The van der Waals surface area contributed by atoms with E-state index in [2.05, 4.69) is 4.74 Å². The molecule has 0 N–H and O–H groups in total. The monoisotopic (exact) mass is 186 g/mol. The summed E-state index contributed by atoms with van der Waals surface area (Å²) in [6.07, 6.45) is 1.57. The Balaban J connectivity index is 2.56. The summed E-state index contributed by atoms with van der Waals surface area (Å²) < 4.78 is 9.73. The third kappa shape index (κ3) is 2.81. The Morgan fingerprint density at radius 1 is 1.54 bits per heavy atom. The number of carbonyl (C=O) groups is 2. The average Bonchev–Trinajstić information content (AvgIpc) is 2.11. The molecule has 1 aliphatic rings. The van der Waals surface area contributed by atoms with Gasteiger partial charge in [-0.15, -0.1) is 0 Å². The molecule has 0 aromatic heterocycles. The van der Waals surface area contributed by atoms with Crippen LogP contribution in [0, 0.1) is 5.92 Å². The van der Waals surface area contributed by atoms with Crippen LogP contribution in [0.2, 0.25) is 0 Å². The molecular formula is C9H14O4. The Labute approximate surface area is 77.2 Å². The van der Waals surface area contributed by atoms with E-state index >= 15 is 0 Å². The van der Waals surface area contributed by atoms with Crippen molar-refractivity contribution in [2.24, 2.45) is 5.92 Å². The number of hydrogen-bond acceptors (Lipinski definition) is 4. The lowest BCUT2D eigenvalue weighted by atomic mass is 9.96. The molecule has 1 atom stereocenters. The van der Waals surface area contributed by atoms with Gasteiger partial charge in [0.05, 0.1) is 7.11 Å². The van der Waals surface area contributed by atoms with E-state index in [0.717, 1.165) is 0 Å². The SMILES string of the molecule is COC(=O)[C@@H]1CCOCCCC1=O. The van der Waals surface area contributed by atoms with Crippen molar-refractivity contribution in [3.05, 3.63) is 0 Å². The molecule has 1 heterocycles. The zero-order valence-electron chi connectivity index (χ0n) is 7.75. The molecule has 1 rings (SSSR count). The van der Waals surface area contributed by atoms with Gasteiger partial charge in [0.25, 0.3) is 0 Å². The number of hydrogen-bond donors (Lipinski definition) is 0. The topological polar surface area (TPSA) is 52.6 Å². The van der Waals surface area contributed by atoms with Crippen LogP contribution in [0.1, 0.15) is 19.3 Å². The van der Waals surface area contributed by atoms with Crippen LogP contribution in [0.3, 0.4) is 0 Å². The van der Waals surface area contributed by atoms with Gasteiger partial charge >= 0.3 is 5.97 Å². The standard InChI is InChI=1S/C9H14O4/c1-12-9(11)7-4-6-13-5-2-3-8(7)10/h7H,2-6H2,1H3/t7-/m1/s1. The van der Waals surface area contributed by atoms with Gasteiger partial charge in [-0.25, -0.2) is 0 Å². The average molecular weight is 186 g/mol. The molecule has 1 fully saturated rings. The second-order valence-corrected chi connectivity index (χ2v) is 3.05. The number of Topliss-reactive ketones (excluding diaryl/α,β-unsaturated/α-hetero) is 1. The summed E-state index contributed by atoms with van der Waals surface area (Å²) >= 11 is 0. The summed E-state index contributed by atoms with van der Waals surface area (Å²) in [4.78, 5) is 22.6. The molecule has 4 nitrogen and oxygen atoms in total. The first-order valence-corrected chi connectivity index (χ1v) is 4.44. The van der Waals surface area contributed by atoms with Gasteiger partial charge in [0.2, 0.25) is 0 Å². The maximum Gasteiger partial charge on any atom is 0.316 e. The number of ether oxygens (including phenoxy) is 2. The Hall–Kier alpha value is -0.900. The summed E-state index contributed by atoms with van der Waals surface area (Å²) in [5.74, 6) is -1.06. The molecular weight excluding hydrogens is 172 g/mol. The van der Waals surface area contributed by atoms with Crippen LogP contribution < -0.4 is 0 Å². The fourth-order valence-corrected chi connectivity index (χ4v) is 1.38. The van der Waals surface area contributed by atoms with Gasteiger partial charge in [-0.05, 0) is 12.8 Å². The fourth-order valence-electron chi connectivity index (χ4n) is 1.38. The molecule has 0 aromatic carbocycles. The summed E-state index contributed by atoms with van der Waals surface area (Å²) in [6, 6.07) is 0. The Morgan fingerprint density at radius 3 is 3.00 bits per heavy atom. The number of carbonyl (C=O) groups excluding carboxylic acids is 2. The number of esters is 1. The highest BCUT2D eigenvalue weighted by atomic mass is 16.5. The quantitative estimate of drug-likeness (QED) is 0.443. The maximum absolute atomic E-state index is 11.4. The van der Waals surface area contributed by atoms with Crippen molar-refractivity contribution in [2.45, 2.75) is 19.3 Å². The first-order valence-electron chi connectivity index (χ1n) is 4.44. The Kier molecular flexibility index (Phi) is 3.89. The van der Waals surface area contributed by atoms with Gasteiger partial charge in [0.1, 0.15) is 11.7 Å². The molecule has 0 aromatic rings. The van der Waals surface area contributed by atoms with Crippen molar-refractivity contribution < 1.29 is 19.1 Å². The van der Waals surface area contributed by atoms with E-state index in [4.69, 9.17) is 4.74 Å². The molecule has 0 radical (unpaired) electrons. The van der Waals surface area contributed by atoms with E-state index in [-0.39, 0.29) is 5.78 Å². The van der Waals surface area contributed by atoms with E-state index < -0.39 is 11.9 Å². The molecule has 0 spiro atoms. The maximum atomic E-state index is 11.4. The van der Waals surface area contributed by atoms with Crippen LogP contribution in [0.25, 0.3) is 0 Å². The van der Waals surface area contributed by atoms with Crippen LogP contribution in [-0.2, 0) is 19.1 Å². The third-order valence-corrected chi connectivity index (χ3v) is 2.14. The highest BCUT2D eigenvalue weighted by molar-refractivity contribution is 5.98. The van der Waals surface area contributed by atoms with E-state index in [0.29, 0.717) is 32.5 Å². The lowest BCUT2D eigenvalue weighted by Crippen LogP contribution is -2.28. The second-order valence-electron chi connectivity index (χ2n) is 3.05. The highest BCUT2D eigenvalue weighted by Crippen LogP contribution is 2.13. The Bertz CT molecular complexity index is 200. The van der Waals surface area contributed by atoms with Crippen molar-refractivity contribution >= 4 is 11.8 Å². The van der Waals surface area contributed by atoms with Crippen LogP contribution in [0.5, 0.6) is 0 Å². The molecule has 1 saturated heterocycles. The highest BCUT2D eigenvalue weighted by Gasteiger charge is 2.27. The van der Waals surface area contributed by atoms with Crippen LogP contribution in [-0.4, -0.2) is 32.1 Å². The fraction of sp³-hybridized carbons (Fsp3) is 0.778. The smallest absolute Gasteiger partial charge is 0.316 e. The molecule has 0 amide bonds. The number of ketones is 1. The lowest BCUT2D eigenvalue weighted by molar-refractivity contribution is -0.150. The zero-order chi connectivity index (χ0) is 9.68. The Morgan fingerprint density at radius 2 is 2.31 bits per heavy atom. The molecule has 13 heavy (non-hydrogen) atoms. The third-order valence-electron chi connectivity index (χ3n) is 2.14. The second kappa shape index (κ2) is 4.97. The summed E-state index contributed by atoms with van der Waals surface area (Å²) in [5.41, 5.74) is 0. The normalized spacial score (nSPS) is 24.7. The van der Waals surface area contributed by atoms with Gasteiger partial charge < -0.3 is 9.47 Å².